The van der Waals surface area contributed by atoms with Gasteiger partial charge in [-0.25, -0.2) is 0 Å². The SMILES string of the molecule is COP(O)(=S)S.N#CC#N. The van der Waals surface area contributed by atoms with Crippen LogP contribution in [0.5, 0.6) is 0 Å². The van der Waals surface area contributed by atoms with Crippen molar-refractivity contribution in [3.8, 4) is 12.1 Å². The average Bonchev–Trinajstić information content (AvgIpc) is 1.87. The smallest absolute Gasteiger partial charge is 0.241 e. The molecule has 1 unspecified atom stereocenters. The number of nitriles is 2. The Morgan fingerprint density at radius 1 is 1.60 bits per heavy atom. The summed E-state index contributed by atoms with van der Waals surface area (Å²) in [6.07, 6.45) is 0. The van der Waals surface area contributed by atoms with Crippen molar-refractivity contribution in [1.29, 1.82) is 10.5 Å². The van der Waals surface area contributed by atoms with Crippen molar-refractivity contribution in [2.75, 3.05) is 7.11 Å². The fraction of sp³-hybridized carbons (Fsp3) is 0.333. The standard InChI is InChI=1S/C2N2.CH5O2PS2/c3-1-2-4;1-3-4(2,5)6/h;1H3,(H2,2,5,6). The Hall–Kier alpha value is -0.1000. The Labute approximate surface area is 69.4 Å². The first-order chi connectivity index (χ1) is 4.47. The number of nitrogens with zero attached hydrogens (tertiary/aromatic N) is 2. The Kier molecular flexibility index (Phi) is 8.81. The van der Waals surface area contributed by atoms with Crippen molar-refractivity contribution in [2.45, 2.75) is 0 Å². The molecule has 7 heteroatoms. The van der Waals surface area contributed by atoms with E-state index >= 15 is 0 Å². The predicted octanol–water partition coefficient (Wildman–Crippen LogP) is 0.813. The van der Waals surface area contributed by atoms with Crippen molar-refractivity contribution in [3.05, 3.63) is 0 Å². The summed E-state index contributed by atoms with van der Waals surface area (Å²) in [6, 6.07) is 2.47. The molecule has 1 N–H and O–H groups in total. The molecule has 0 saturated heterocycles. The van der Waals surface area contributed by atoms with Crippen LogP contribution >= 0.6 is 17.9 Å². The molecule has 0 radical (unpaired) electrons. The van der Waals surface area contributed by atoms with Gasteiger partial charge in [-0.05, 0) is 11.8 Å². The van der Waals surface area contributed by atoms with Crippen LogP contribution in [0, 0.1) is 22.7 Å². The molecule has 0 fully saturated rings. The minimum absolute atomic E-state index is 1.24. The van der Waals surface area contributed by atoms with Crippen LogP contribution in [0.2, 0.25) is 0 Å². The van der Waals surface area contributed by atoms with Gasteiger partial charge in [0.15, 0.2) is 12.1 Å². The normalized spacial score (nSPS) is 12.9. The highest BCUT2D eigenvalue weighted by Gasteiger charge is 1.97. The van der Waals surface area contributed by atoms with Crippen molar-refractivity contribution in [2.24, 2.45) is 0 Å². The second-order valence-electron chi connectivity index (χ2n) is 0.897. The maximum Gasteiger partial charge on any atom is 0.241 e. The fourth-order valence-electron chi connectivity index (χ4n) is 0. The zero-order valence-corrected chi connectivity index (χ0v) is 7.66. The van der Waals surface area contributed by atoms with Crippen LogP contribution < -0.4 is 0 Å². The van der Waals surface area contributed by atoms with Crippen molar-refractivity contribution >= 4 is 29.7 Å². The van der Waals surface area contributed by atoms with Gasteiger partial charge in [0.05, 0.1) is 0 Å². The van der Waals surface area contributed by atoms with E-state index in [1.807, 2.05) is 0 Å². The van der Waals surface area contributed by atoms with Crippen LogP contribution in [-0.4, -0.2) is 12.0 Å². The Morgan fingerprint density at radius 3 is 1.80 bits per heavy atom. The summed E-state index contributed by atoms with van der Waals surface area (Å²) in [5.41, 5.74) is -2.62. The lowest BCUT2D eigenvalue weighted by atomic mass is 10.9. The first-order valence-electron chi connectivity index (χ1n) is 1.87. The molecule has 0 heterocycles. The van der Waals surface area contributed by atoms with Gasteiger partial charge < -0.3 is 9.42 Å². The van der Waals surface area contributed by atoms with Crippen molar-refractivity contribution in [3.63, 3.8) is 0 Å². The summed E-state index contributed by atoms with van der Waals surface area (Å²) in [5.74, 6) is 0. The third-order valence-corrected chi connectivity index (χ3v) is 1.70. The second kappa shape index (κ2) is 7.01. The summed E-state index contributed by atoms with van der Waals surface area (Å²) in [4.78, 5) is 8.39. The summed E-state index contributed by atoms with van der Waals surface area (Å²) in [5, 5.41) is 14.5. The topological polar surface area (TPSA) is 77.0 Å². The zero-order valence-electron chi connectivity index (χ0n) is 5.05. The summed E-state index contributed by atoms with van der Waals surface area (Å²) < 4.78 is 4.28. The molecule has 1 atom stereocenters. The summed E-state index contributed by atoms with van der Waals surface area (Å²) in [7, 11) is 1.33. The van der Waals surface area contributed by atoms with E-state index in [1.165, 1.54) is 19.2 Å². The largest absolute Gasteiger partial charge is 0.338 e. The first kappa shape index (κ1) is 12.6. The van der Waals surface area contributed by atoms with Gasteiger partial charge >= 0.3 is 0 Å². The monoisotopic (exact) mass is 196 g/mol. The van der Waals surface area contributed by atoms with Gasteiger partial charge in [-0.3, -0.25) is 0 Å². The number of hydrogen-bond donors (Lipinski definition) is 2. The molecule has 0 bridgehead atoms. The van der Waals surface area contributed by atoms with Gasteiger partial charge in [0.1, 0.15) is 0 Å². The Balaban J connectivity index is 0. The minimum Gasteiger partial charge on any atom is -0.338 e. The molecule has 10 heavy (non-hydrogen) atoms. The fourth-order valence-corrected chi connectivity index (χ4v) is 0. The number of rotatable bonds is 1. The zero-order chi connectivity index (χ0) is 8.62. The van der Waals surface area contributed by atoms with Crippen molar-refractivity contribution in [1.82, 2.24) is 0 Å². The van der Waals surface area contributed by atoms with Gasteiger partial charge in [-0.2, -0.15) is 10.5 Å². The molecule has 0 amide bonds. The second-order valence-corrected chi connectivity index (χ2v) is 6.17. The molecule has 0 aliphatic rings. The number of hydrogen-bond acceptors (Lipinski definition) is 4. The Morgan fingerprint density at radius 2 is 1.80 bits per heavy atom. The van der Waals surface area contributed by atoms with Gasteiger partial charge in [-0.1, -0.05) is 12.2 Å². The van der Waals surface area contributed by atoms with Crippen LogP contribution in [0.4, 0.5) is 0 Å². The third kappa shape index (κ3) is 24.7. The van der Waals surface area contributed by atoms with E-state index < -0.39 is 5.69 Å². The molecule has 0 aromatic rings. The van der Waals surface area contributed by atoms with E-state index in [2.05, 4.69) is 28.6 Å². The predicted molar refractivity (Wildman–Crippen MR) is 43.7 cm³/mol. The summed E-state index contributed by atoms with van der Waals surface area (Å²) >= 11 is 7.81. The average molecular weight is 196 g/mol. The highest BCUT2D eigenvalue weighted by Crippen LogP contribution is 2.45. The van der Waals surface area contributed by atoms with E-state index in [4.69, 9.17) is 15.4 Å². The molecule has 0 aromatic heterocycles. The minimum atomic E-state index is -2.62. The van der Waals surface area contributed by atoms with E-state index in [0.29, 0.717) is 0 Å². The van der Waals surface area contributed by atoms with Gasteiger partial charge in [0.25, 0.3) is 0 Å². The molecule has 0 aliphatic carbocycles. The van der Waals surface area contributed by atoms with Crippen molar-refractivity contribution < 1.29 is 9.42 Å². The Bertz CT molecular complexity index is 188. The van der Waals surface area contributed by atoms with E-state index in [9.17, 15) is 0 Å². The summed E-state index contributed by atoms with van der Waals surface area (Å²) in [6.45, 7) is 0. The van der Waals surface area contributed by atoms with Crippen LogP contribution in [0.1, 0.15) is 0 Å². The molecule has 0 aliphatic heterocycles. The molecule has 0 rings (SSSR count). The van der Waals surface area contributed by atoms with E-state index in [-0.39, 0.29) is 0 Å². The van der Waals surface area contributed by atoms with Gasteiger partial charge in [0, 0.05) is 7.11 Å². The molecular formula is C3H5N2O2PS2. The van der Waals surface area contributed by atoms with E-state index in [1.54, 1.807) is 0 Å². The molecule has 0 spiro atoms. The van der Waals surface area contributed by atoms with Crippen LogP contribution in [0.3, 0.4) is 0 Å². The molecule has 4 nitrogen and oxygen atoms in total. The third-order valence-electron chi connectivity index (χ3n) is 0.288. The highest BCUT2D eigenvalue weighted by atomic mass is 32.9. The highest BCUT2D eigenvalue weighted by molar-refractivity contribution is 8.59. The first-order valence-corrected chi connectivity index (χ1v) is 5.70. The lowest BCUT2D eigenvalue weighted by Crippen LogP contribution is -1.67. The molecule has 56 valence electrons. The number of thiol groups is 1. The lowest BCUT2D eigenvalue weighted by molar-refractivity contribution is 0.405. The van der Waals surface area contributed by atoms with Crippen LogP contribution in [0.25, 0.3) is 0 Å². The maximum absolute atomic E-state index is 8.39. The van der Waals surface area contributed by atoms with Crippen LogP contribution in [0.15, 0.2) is 0 Å². The molecule has 0 aromatic carbocycles. The molecule has 0 saturated carbocycles. The van der Waals surface area contributed by atoms with Crippen LogP contribution in [-0.2, 0) is 16.3 Å². The van der Waals surface area contributed by atoms with Gasteiger partial charge in [-0.15, -0.1) is 0 Å². The quantitative estimate of drug-likeness (QED) is 0.479. The van der Waals surface area contributed by atoms with Gasteiger partial charge in [0.2, 0.25) is 5.69 Å². The van der Waals surface area contributed by atoms with E-state index in [0.717, 1.165) is 0 Å². The maximum atomic E-state index is 8.39. The molecular weight excluding hydrogens is 191 g/mol. The lowest BCUT2D eigenvalue weighted by Gasteiger charge is -1.99.